The van der Waals surface area contributed by atoms with Crippen LogP contribution in [0.1, 0.15) is 30.9 Å². The van der Waals surface area contributed by atoms with Gasteiger partial charge in [-0.15, -0.1) is 0 Å². The Kier molecular flexibility index (Phi) is 3.80. The van der Waals surface area contributed by atoms with Crippen LogP contribution in [0.5, 0.6) is 0 Å². The van der Waals surface area contributed by atoms with E-state index in [2.05, 4.69) is 5.32 Å². The van der Waals surface area contributed by atoms with E-state index in [4.69, 9.17) is 4.74 Å². The van der Waals surface area contributed by atoms with Crippen LogP contribution in [-0.4, -0.2) is 36.7 Å². The maximum Gasteiger partial charge on any atom is 0.245 e. The molecule has 1 aromatic carbocycles. The molecule has 2 unspecified atom stereocenters. The summed E-state index contributed by atoms with van der Waals surface area (Å²) in [7, 11) is 0. The average molecular weight is 260 g/mol. The summed E-state index contributed by atoms with van der Waals surface area (Å²) in [5.74, 6) is 0.184. The quantitative estimate of drug-likeness (QED) is 0.895. The Morgan fingerprint density at radius 3 is 2.89 bits per heavy atom. The number of nitrogens with one attached hydrogen (secondary N) is 1. The highest BCUT2D eigenvalue weighted by Gasteiger charge is 2.32. The van der Waals surface area contributed by atoms with E-state index in [1.165, 1.54) is 0 Å². The minimum atomic E-state index is -0.175. The zero-order valence-electron chi connectivity index (χ0n) is 11.0. The van der Waals surface area contributed by atoms with Crippen molar-refractivity contribution in [3.63, 3.8) is 0 Å². The molecule has 2 aliphatic rings. The van der Waals surface area contributed by atoms with Crippen molar-refractivity contribution >= 4 is 5.91 Å². The van der Waals surface area contributed by atoms with Crippen LogP contribution in [-0.2, 0) is 9.53 Å². The minimum absolute atomic E-state index is 0.175. The molecule has 1 aromatic rings. The molecule has 0 spiro atoms. The van der Waals surface area contributed by atoms with Gasteiger partial charge < -0.3 is 9.64 Å². The lowest BCUT2D eigenvalue weighted by Gasteiger charge is -2.17. The van der Waals surface area contributed by atoms with E-state index < -0.39 is 0 Å². The molecule has 2 atom stereocenters. The summed E-state index contributed by atoms with van der Waals surface area (Å²) in [5.41, 5.74) is 1.05. The van der Waals surface area contributed by atoms with Gasteiger partial charge in [-0.3, -0.25) is 10.1 Å². The molecule has 3 rings (SSSR count). The van der Waals surface area contributed by atoms with Crippen molar-refractivity contribution in [2.45, 2.75) is 31.4 Å². The fourth-order valence-corrected chi connectivity index (χ4v) is 2.82. The average Bonchev–Trinajstić information content (AvgIpc) is 3.07. The van der Waals surface area contributed by atoms with Crippen LogP contribution in [0, 0.1) is 0 Å². The smallest absolute Gasteiger partial charge is 0.245 e. The Morgan fingerprint density at radius 2 is 2.16 bits per heavy atom. The highest BCUT2D eigenvalue weighted by molar-refractivity contribution is 5.85. The van der Waals surface area contributed by atoms with Gasteiger partial charge in [-0.05, 0) is 24.8 Å². The van der Waals surface area contributed by atoms with E-state index in [0.29, 0.717) is 12.8 Å². The zero-order chi connectivity index (χ0) is 13.1. The van der Waals surface area contributed by atoms with Gasteiger partial charge in [0.25, 0.3) is 0 Å². The lowest BCUT2D eigenvalue weighted by Crippen LogP contribution is -2.30. The highest BCUT2D eigenvalue weighted by Crippen LogP contribution is 2.22. The summed E-state index contributed by atoms with van der Waals surface area (Å²) in [6.07, 6.45) is 3.60. The Hall–Kier alpha value is -1.39. The summed E-state index contributed by atoms with van der Waals surface area (Å²) < 4.78 is 5.60. The molecule has 0 aliphatic carbocycles. The summed E-state index contributed by atoms with van der Waals surface area (Å²) in [6, 6.07) is 9.74. The van der Waals surface area contributed by atoms with Crippen molar-refractivity contribution in [3.8, 4) is 0 Å². The molecule has 1 N–H and O–H groups in total. The zero-order valence-corrected chi connectivity index (χ0v) is 11.0. The van der Waals surface area contributed by atoms with Crippen molar-refractivity contribution in [2.24, 2.45) is 0 Å². The number of ether oxygens (including phenoxy) is 1. The van der Waals surface area contributed by atoms with E-state index in [-0.39, 0.29) is 11.9 Å². The van der Waals surface area contributed by atoms with E-state index in [9.17, 15) is 4.79 Å². The van der Waals surface area contributed by atoms with Crippen LogP contribution < -0.4 is 5.32 Å². The van der Waals surface area contributed by atoms with Gasteiger partial charge in [0.05, 0.1) is 12.8 Å². The normalized spacial score (nSPS) is 27.2. The first-order valence-electron chi connectivity index (χ1n) is 7.03. The third kappa shape index (κ3) is 2.80. The summed E-state index contributed by atoms with van der Waals surface area (Å²) in [5, 5.41) is 3.28. The van der Waals surface area contributed by atoms with Gasteiger partial charge in [-0.2, -0.15) is 0 Å². The predicted molar refractivity (Wildman–Crippen MR) is 72.5 cm³/mol. The molecule has 4 heteroatoms. The predicted octanol–water partition coefficient (Wildman–Crippen LogP) is 1.69. The van der Waals surface area contributed by atoms with Crippen LogP contribution in [0.15, 0.2) is 30.3 Å². The molecule has 19 heavy (non-hydrogen) atoms. The standard InChI is InChI=1S/C15H20N2O2/c18-15-14(12-5-2-1-3-6-12)16-11-17(15)9-8-13-7-4-10-19-13/h1-3,5-6,13-14,16H,4,7-11H2. The summed E-state index contributed by atoms with van der Waals surface area (Å²) >= 11 is 0. The van der Waals surface area contributed by atoms with Crippen molar-refractivity contribution < 1.29 is 9.53 Å². The minimum Gasteiger partial charge on any atom is -0.378 e. The van der Waals surface area contributed by atoms with Gasteiger partial charge in [0.1, 0.15) is 6.04 Å². The van der Waals surface area contributed by atoms with Crippen LogP contribution >= 0.6 is 0 Å². The number of carbonyl (C=O) groups is 1. The fourth-order valence-electron chi connectivity index (χ4n) is 2.82. The Bertz CT molecular complexity index is 429. The molecule has 2 fully saturated rings. The number of hydrogen-bond acceptors (Lipinski definition) is 3. The van der Waals surface area contributed by atoms with Gasteiger partial charge in [-0.1, -0.05) is 30.3 Å². The molecular weight excluding hydrogens is 240 g/mol. The van der Waals surface area contributed by atoms with Crippen LogP contribution in [0.3, 0.4) is 0 Å². The van der Waals surface area contributed by atoms with Crippen molar-refractivity contribution in [1.82, 2.24) is 10.2 Å². The topological polar surface area (TPSA) is 41.6 Å². The van der Waals surface area contributed by atoms with Crippen LogP contribution in [0.25, 0.3) is 0 Å². The second-order valence-electron chi connectivity index (χ2n) is 5.23. The third-order valence-electron chi connectivity index (χ3n) is 3.92. The van der Waals surface area contributed by atoms with E-state index in [1.54, 1.807) is 0 Å². The second-order valence-corrected chi connectivity index (χ2v) is 5.23. The lowest BCUT2D eigenvalue weighted by atomic mass is 10.1. The number of carbonyl (C=O) groups excluding carboxylic acids is 1. The molecule has 0 saturated carbocycles. The third-order valence-corrected chi connectivity index (χ3v) is 3.92. The molecule has 2 heterocycles. The van der Waals surface area contributed by atoms with Gasteiger partial charge >= 0.3 is 0 Å². The van der Waals surface area contributed by atoms with Crippen LogP contribution in [0.4, 0.5) is 0 Å². The number of amides is 1. The summed E-state index contributed by atoms with van der Waals surface area (Å²) in [6.45, 7) is 2.31. The van der Waals surface area contributed by atoms with Crippen molar-refractivity contribution in [1.29, 1.82) is 0 Å². The Morgan fingerprint density at radius 1 is 1.32 bits per heavy atom. The van der Waals surface area contributed by atoms with E-state index in [0.717, 1.165) is 38.0 Å². The molecule has 4 nitrogen and oxygen atoms in total. The molecular formula is C15H20N2O2. The molecule has 0 aromatic heterocycles. The Labute approximate surface area is 113 Å². The molecule has 1 amide bonds. The number of nitrogens with zero attached hydrogens (tertiary/aromatic N) is 1. The Balaban J connectivity index is 1.56. The number of hydrogen-bond donors (Lipinski definition) is 1. The van der Waals surface area contributed by atoms with Crippen molar-refractivity contribution in [2.75, 3.05) is 19.8 Å². The fraction of sp³-hybridized carbons (Fsp3) is 0.533. The number of rotatable bonds is 4. The van der Waals surface area contributed by atoms with Gasteiger partial charge in [0, 0.05) is 13.2 Å². The second kappa shape index (κ2) is 5.72. The molecule has 0 radical (unpaired) electrons. The maximum atomic E-state index is 12.3. The SMILES string of the molecule is O=C1C(c2ccccc2)NCN1CCC1CCCO1. The molecule has 2 saturated heterocycles. The van der Waals surface area contributed by atoms with E-state index in [1.807, 2.05) is 35.2 Å². The monoisotopic (exact) mass is 260 g/mol. The largest absolute Gasteiger partial charge is 0.378 e. The van der Waals surface area contributed by atoms with Crippen LogP contribution in [0.2, 0.25) is 0 Å². The first-order chi connectivity index (χ1) is 9.34. The molecule has 0 bridgehead atoms. The number of benzene rings is 1. The molecule has 102 valence electrons. The highest BCUT2D eigenvalue weighted by atomic mass is 16.5. The molecule has 2 aliphatic heterocycles. The lowest BCUT2D eigenvalue weighted by molar-refractivity contribution is -0.129. The van der Waals surface area contributed by atoms with Gasteiger partial charge in [0.2, 0.25) is 5.91 Å². The van der Waals surface area contributed by atoms with Gasteiger partial charge in [0.15, 0.2) is 0 Å². The van der Waals surface area contributed by atoms with Crippen molar-refractivity contribution in [3.05, 3.63) is 35.9 Å². The van der Waals surface area contributed by atoms with Gasteiger partial charge in [-0.25, -0.2) is 0 Å². The first kappa shape index (κ1) is 12.6. The maximum absolute atomic E-state index is 12.3. The first-order valence-corrected chi connectivity index (χ1v) is 7.03. The van der Waals surface area contributed by atoms with E-state index >= 15 is 0 Å². The summed E-state index contributed by atoms with van der Waals surface area (Å²) in [4.78, 5) is 14.2.